The van der Waals surface area contributed by atoms with Crippen LogP contribution in [0.4, 0.5) is 0 Å². The van der Waals surface area contributed by atoms with Gasteiger partial charge in [-0.25, -0.2) is 4.98 Å². The number of hydrogen-bond donors (Lipinski definition) is 0. The van der Waals surface area contributed by atoms with Gasteiger partial charge < -0.3 is 9.47 Å². The standard InChI is InChI=1S/C23H25ClN4O/c24-21-8-6-19(7-9-21)18-26-14-16-27(17-15-26)22(29)10-12-28-13-11-25-23(28)20-4-2-1-3-5-20/h1-9,11,13H,10,12,14-18H2. The largest absolute Gasteiger partial charge is 0.340 e. The van der Waals surface area contributed by atoms with Gasteiger partial charge in [-0.2, -0.15) is 0 Å². The topological polar surface area (TPSA) is 41.4 Å². The fourth-order valence-corrected chi connectivity index (χ4v) is 3.84. The second kappa shape index (κ2) is 9.25. The van der Waals surface area contributed by atoms with Crippen molar-refractivity contribution in [1.82, 2.24) is 19.4 Å². The van der Waals surface area contributed by atoms with Crippen molar-refractivity contribution in [2.75, 3.05) is 26.2 Å². The van der Waals surface area contributed by atoms with Gasteiger partial charge in [-0.05, 0) is 17.7 Å². The summed E-state index contributed by atoms with van der Waals surface area (Å²) in [6.45, 7) is 4.90. The zero-order valence-corrected chi connectivity index (χ0v) is 17.1. The summed E-state index contributed by atoms with van der Waals surface area (Å²) in [5.74, 6) is 1.12. The predicted molar refractivity (Wildman–Crippen MR) is 116 cm³/mol. The van der Waals surface area contributed by atoms with Crippen LogP contribution in [0.3, 0.4) is 0 Å². The molecule has 0 radical (unpaired) electrons. The molecule has 0 N–H and O–H groups in total. The van der Waals surface area contributed by atoms with Gasteiger partial charge in [0, 0.05) is 68.7 Å². The van der Waals surface area contributed by atoms with Gasteiger partial charge in [0.2, 0.25) is 5.91 Å². The number of carbonyl (C=O) groups excluding carboxylic acids is 1. The van der Waals surface area contributed by atoms with E-state index < -0.39 is 0 Å². The van der Waals surface area contributed by atoms with E-state index in [0.29, 0.717) is 13.0 Å². The van der Waals surface area contributed by atoms with Gasteiger partial charge in [0.05, 0.1) is 0 Å². The van der Waals surface area contributed by atoms with Crippen LogP contribution < -0.4 is 0 Å². The monoisotopic (exact) mass is 408 g/mol. The van der Waals surface area contributed by atoms with Gasteiger partial charge in [-0.15, -0.1) is 0 Å². The van der Waals surface area contributed by atoms with E-state index in [1.807, 2.05) is 53.6 Å². The van der Waals surface area contributed by atoms with Gasteiger partial charge in [0.1, 0.15) is 5.82 Å². The molecule has 2 aromatic carbocycles. The molecule has 0 unspecified atom stereocenters. The molecule has 0 bridgehead atoms. The first-order chi connectivity index (χ1) is 14.2. The maximum Gasteiger partial charge on any atom is 0.224 e. The zero-order valence-electron chi connectivity index (χ0n) is 16.4. The molecule has 1 aliphatic rings. The van der Waals surface area contributed by atoms with Crippen molar-refractivity contribution in [1.29, 1.82) is 0 Å². The number of piperazine rings is 1. The highest BCUT2D eigenvalue weighted by Gasteiger charge is 2.21. The maximum absolute atomic E-state index is 12.7. The number of imidazole rings is 1. The minimum atomic E-state index is 0.212. The third-order valence-corrected chi connectivity index (χ3v) is 5.61. The van der Waals surface area contributed by atoms with Crippen molar-refractivity contribution >= 4 is 17.5 Å². The van der Waals surface area contributed by atoms with Gasteiger partial charge in [-0.1, -0.05) is 54.1 Å². The van der Waals surface area contributed by atoms with Gasteiger partial charge in [-0.3, -0.25) is 9.69 Å². The van der Waals surface area contributed by atoms with Crippen molar-refractivity contribution < 1.29 is 4.79 Å². The number of benzene rings is 2. The number of amides is 1. The number of aryl methyl sites for hydroxylation is 1. The van der Waals surface area contributed by atoms with Gasteiger partial charge in [0.15, 0.2) is 0 Å². The van der Waals surface area contributed by atoms with E-state index in [1.165, 1.54) is 5.56 Å². The first-order valence-corrected chi connectivity index (χ1v) is 10.4. The third-order valence-electron chi connectivity index (χ3n) is 5.36. The molecule has 2 heterocycles. The summed E-state index contributed by atoms with van der Waals surface area (Å²) in [7, 11) is 0. The highest BCUT2D eigenvalue weighted by Crippen LogP contribution is 2.18. The van der Waals surface area contributed by atoms with E-state index in [-0.39, 0.29) is 5.91 Å². The highest BCUT2D eigenvalue weighted by molar-refractivity contribution is 6.30. The fraction of sp³-hybridized carbons (Fsp3) is 0.304. The molecule has 0 spiro atoms. The van der Waals surface area contributed by atoms with Crippen LogP contribution in [-0.2, 0) is 17.9 Å². The molecule has 29 heavy (non-hydrogen) atoms. The molecule has 150 valence electrons. The minimum absolute atomic E-state index is 0.212. The van der Waals surface area contributed by atoms with Crippen molar-refractivity contribution in [3.8, 4) is 11.4 Å². The molecule has 4 rings (SSSR count). The van der Waals surface area contributed by atoms with E-state index in [4.69, 9.17) is 11.6 Å². The minimum Gasteiger partial charge on any atom is -0.340 e. The molecule has 1 amide bonds. The summed E-state index contributed by atoms with van der Waals surface area (Å²) in [5, 5.41) is 0.762. The normalized spacial score (nSPS) is 14.9. The number of carbonyl (C=O) groups is 1. The van der Waals surface area contributed by atoms with Crippen molar-refractivity contribution in [2.45, 2.75) is 19.5 Å². The molecule has 1 aliphatic heterocycles. The highest BCUT2D eigenvalue weighted by atomic mass is 35.5. The molecule has 0 saturated carbocycles. The maximum atomic E-state index is 12.7. The first-order valence-electron chi connectivity index (χ1n) is 10.0. The van der Waals surface area contributed by atoms with Gasteiger partial charge in [0.25, 0.3) is 0 Å². The molecular formula is C23H25ClN4O. The van der Waals surface area contributed by atoms with Gasteiger partial charge >= 0.3 is 0 Å². The smallest absolute Gasteiger partial charge is 0.224 e. The van der Waals surface area contributed by atoms with E-state index in [9.17, 15) is 4.79 Å². The van der Waals surface area contributed by atoms with Crippen LogP contribution in [0.1, 0.15) is 12.0 Å². The molecule has 1 aromatic heterocycles. The second-order valence-corrected chi connectivity index (χ2v) is 7.78. The Labute approximate surface area is 176 Å². The molecular weight excluding hydrogens is 384 g/mol. The lowest BCUT2D eigenvalue weighted by atomic mass is 10.2. The average molecular weight is 409 g/mol. The molecule has 0 atom stereocenters. The van der Waals surface area contributed by atoms with Crippen molar-refractivity contribution in [2.24, 2.45) is 0 Å². The Balaban J connectivity index is 1.27. The molecule has 3 aromatic rings. The van der Waals surface area contributed by atoms with E-state index in [0.717, 1.165) is 49.1 Å². The summed E-state index contributed by atoms with van der Waals surface area (Å²) in [6.07, 6.45) is 4.23. The number of nitrogens with zero attached hydrogens (tertiary/aromatic N) is 4. The van der Waals surface area contributed by atoms with Crippen LogP contribution in [0, 0.1) is 0 Å². The predicted octanol–water partition coefficient (Wildman–Crippen LogP) is 3.94. The summed E-state index contributed by atoms with van der Waals surface area (Å²) in [6, 6.07) is 18.1. The van der Waals surface area contributed by atoms with E-state index in [1.54, 1.807) is 6.20 Å². The number of aromatic nitrogens is 2. The van der Waals surface area contributed by atoms with Crippen LogP contribution in [0.15, 0.2) is 67.0 Å². The molecule has 0 aliphatic carbocycles. The average Bonchev–Trinajstić information content (AvgIpc) is 3.23. The summed E-state index contributed by atoms with van der Waals surface area (Å²) >= 11 is 5.96. The van der Waals surface area contributed by atoms with Crippen LogP contribution >= 0.6 is 11.6 Å². The zero-order chi connectivity index (χ0) is 20.1. The molecule has 6 heteroatoms. The number of hydrogen-bond acceptors (Lipinski definition) is 3. The summed E-state index contributed by atoms with van der Waals surface area (Å²) in [5.41, 5.74) is 2.32. The third kappa shape index (κ3) is 5.05. The lowest BCUT2D eigenvalue weighted by molar-refractivity contribution is -0.133. The summed E-state index contributed by atoms with van der Waals surface area (Å²) in [4.78, 5) is 21.5. The Morgan fingerprint density at radius 1 is 0.966 bits per heavy atom. The van der Waals surface area contributed by atoms with Crippen LogP contribution in [0.2, 0.25) is 5.02 Å². The molecule has 5 nitrogen and oxygen atoms in total. The SMILES string of the molecule is O=C(CCn1ccnc1-c1ccccc1)N1CCN(Cc2ccc(Cl)cc2)CC1. The van der Waals surface area contributed by atoms with Crippen LogP contribution in [0.25, 0.3) is 11.4 Å². The lowest BCUT2D eigenvalue weighted by Crippen LogP contribution is -2.48. The Hall–Kier alpha value is -2.63. The molecule has 1 fully saturated rings. The molecule has 1 saturated heterocycles. The Bertz CT molecular complexity index is 931. The van der Waals surface area contributed by atoms with Crippen LogP contribution in [-0.4, -0.2) is 51.4 Å². The number of rotatable bonds is 6. The first kappa shape index (κ1) is 19.7. The second-order valence-electron chi connectivity index (χ2n) is 7.34. The van der Waals surface area contributed by atoms with E-state index >= 15 is 0 Å². The quantitative estimate of drug-likeness (QED) is 0.620. The number of halogens is 1. The Morgan fingerprint density at radius 2 is 1.69 bits per heavy atom. The summed E-state index contributed by atoms with van der Waals surface area (Å²) < 4.78 is 2.06. The Morgan fingerprint density at radius 3 is 2.41 bits per heavy atom. The van der Waals surface area contributed by atoms with E-state index in [2.05, 4.69) is 26.6 Å². The van der Waals surface area contributed by atoms with Crippen molar-refractivity contribution in [3.63, 3.8) is 0 Å². The fourth-order valence-electron chi connectivity index (χ4n) is 3.71. The lowest BCUT2D eigenvalue weighted by Gasteiger charge is -2.35. The van der Waals surface area contributed by atoms with Crippen LogP contribution in [0.5, 0.6) is 0 Å². The Kier molecular flexibility index (Phi) is 6.27. The van der Waals surface area contributed by atoms with Crippen molar-refractivity contribution in [3.05, 3.63) is 77.6 Å².